The van der Waals surface area contributed by atoms with E-state index in [1.165, 1.54) is 0 Å². The van der Waals surface area contributed by atoms with Gasteiger partial charge in [0, 0.05) is 4.47 Å². The van der Waals surface area contributed by atoms with Crippen molar-refractivity contribution in [3.05, 3.63) is 58.1 Å². The molecule has 106 valence electrons. The number of nitrogens with one attached hydrogen (secondary N) is 1. The van der Waals surface area contributed by atoms with Crippen LogP contribution in [0.5, 0.6) is 0 Å². The zero-order valence-corrected chi connectivity index (χ0v) is 13.8. The van der Waals surface area contributed by atoms with Gasteiger partial charge < -0.3 is 0 Å². The van der Waals surface area contributed by atoms with Crippen molar-refractivity contribution in [2.45, 2.75) is 25.2 Å². The van der Waals surface area contributed by atoms with E-state index >= 15 is 0 Å². The van der Waals surface area contributed by atoms with Crippen LogP contribution in [0.4, 0.5) is 5.69 Å². The second kappa shape index (κ2) is 5.97. The third-order valence-electron chi connectivity index (χ3n) is 3.07. The molecule has 2 aromatic rings. The van der Waals surface area contributed by atoms with Crippen LogP contribution < -0.4 is 4.72 Å². The summed E-state index contributed by atoms with van der Waals surface area (Å²) in [6.45, 7) is 3.90. The molecular weight excluding hydrogens is 338 g/mol. The first kappa shape index (κ1) is 15.1. The summed E-state index contributed by atoms with van der Waals surface area (Å²) < 4.78 is 28.2. The van der Waals surface area contributed by atoms with E-state index in [4.69, 9.17) is 0 Å². The molecule has 0 spiro atoms. The Morgan fingerprint density at radius 1 is 1.10 bits per heavy atom. The fourth-order valence-corrected chi connectivity index (χ4v) is 3.46. The molecule has 0 heterocycles. The number of sulfonamides is 1. The highest BCUT2D eigenvalue weighted by Gasteiger charge is 2.15. The monoisotopic (exact) mass is 353 g/mol. The lowest BCUT2D eigenvalue weighted by atomic mass is 10.2. The number of rotatable bonds is 4. The Kier molecular flexibility index (Phi) is 4.50. The Morgan fingerprint density at radius 2 is 1.75 bits per heavy atom. The van der Waals surface area contributed by atoms with E-state index in [9.17, 15) is 8.42 Å². The second-order valence-corrected chi connectivity index (χ2v) is 7.16. The normalized spacial score (nSPS) is 11.3. The molecular formula is C15H16BrNO2S. The molecule has 0 aromatic heterocycles. The Labute approximate surface area is 128 Å². The Balaban J connectivity index is 2.30. The quantitative estimate of drug-likeness (QED) is 0.898. The molecule has 0 aliphatic heterocycles. The number of hydrogen-bond donors (Lipinski definition) is 1. The number of benzene rings is 2. The summed E-state index contributed by atoms with van der Waals surface area (Å²) in [5.74, 6) is 0. The van der Waals surface area contributed by atoms with Crippen LogP contribution in [0.2, 0.25) is 0 Å². The lowest BCUT2D eigenvalue weighted by Gasteiger charge is -2.11. The molecule has 0 radical (unpaired) electrons. The van der Waals surface area contributed by atoms with Gasteiger partial charge in [0.15, 0.2) is 0 Å². The standard InChI is InChI=1S/C15H16BrNO2S/c1-3-12-4-7-14(8-5-12)20(18,19)17-15-9-6-13(16)10-11(15)2/h4-10,17H,3H2,1-2H3. The zero-order chi connectivity index (χ0) is 14.8. The van der Waals surface area contributed by atoms with Crippen molar-refractivity contribution in [2.75, 3.05) is 4.72 Å². The van der Waals surface area contributed by atoms with Crippen LogP contribution in [0.3, 0.4) is 0 Å². The topological polar surface area (TPSA) is 46.2 Å². The highest BCUT2D eigenvalue weighted by Crippen LogP contribution is 2.23. The first-order valence-corrected chi connectivity index (χ1v) is 8.58. The van der Waals surface area contributed by atoms with Gasteiger partial charge in [0.1, 0.15) is 0 Å². The van der Waals surface area contributed by atoms with E-state index in [0.29, 0.717) is 5.69 Å². The summed E-state index contributed by atoms with van der Waals surface area (Å²) in [4.78, 5) is 0.275. The smallest absolute Gasteiger partial charge is 0.261 e. The number of anilines is 1. The molecule has 0 saturated heterocycles. The van der Waals surface area contributed by atoms with Crippen molar-refractivity contribution in [3.63, 3.8) is 0 Å². The average molecular weight is 354 g/mol. The van der Waals surface area contributed by atoms with Crippen LogP contribution in [0.25, 0.3) is 0 Å². The van der Waals surface area contributed by atoms with Gasteiger partial charge in [-0.2, -0.15) is 0 Å². The van der Waals surface area contributed by atoms with E-state index in [1.54, 1.807) is 18.2 Å². The highest BCUT2D eigenvalue weighted by molar-refractivity contribution is 9.10. The van der Waals surface area contributed by atoms with Crippen LogP contribution in [0.1, 0.15) is 18.1 Å². The Bertz CT molecular complexity index is 709. The van der Waals surface area contributed by atoms with E-state index in [1.807, 2.05) is 38.1 Å². The van der Waals surface area contributed by atoms with Crippen molar-refractivity contribution in [2.24, 2.45) is 0 Å². The summed E-state index contributed by atoms with van der Waals surface area (Å²) in [6, 6.07) is 12.4. The van der Waals surface area contributed by atoms with Crippen LogP contribution >= 0.6 is 15.9 Å². The molecule has 0 aliphatic carbocycles. The fraction of sp³-hybridized carbons (Fsp3) is 0.200. The van der Waals surface area contributed by atoms with E-state index in [2.05, 4.69) is 20.7 Å². The van der Waals surface area contributed by atoms with Gasteiger partial charge in [-0.05, 0) is 54.8 Å². The molecule has 0 fully saturated rings. The number of hydrogen-bond acceptors (Lipinski definition) is 2. The molecule has 0 saturated carbocycles. The van der Waals surface area contributed by atoms with Gasteiger partial charge >= 0.3 is 0 Å². The second-order valence-electron chi connectivity index (χ2n) is 4.56. The van der Waals surface area contributed by atoms with Gasteiger partial charge in [-0.15, -0.1) is 0 Å². The Morgan fingerprint density at radius 3 is 2.30 bits per heavy atom. The highest BCUT2D eigenvalue weighted by atomic mass is 79.9. The van der Waals surface area contributed by atoms with Gasteiger partial charge in [-0.3, -0.25) is 4.72 Å². The molecule has 0 amide bonds. The molecule has 1 N–H and O–H groups in total. The minimum Gasteiger partial charge on any atom is -0.279 e. The van der Waals surface area contributed by atoms with Crippen LogP contribution in [0, 0.1) is 6.92 Å². The molecule has 5 heteroatoms. The zero-order valence-electron chi connectivity index (χ0n) is 11.4. The number of aryl methyl sites for hydroxylation is 2. The summed E-state index contributed by atoms with van der Waals surface area (Å²) in [5, 5.41) is 0. The first-order valence-electron chi connectivity index (χ1n) is 6.30. The third kappa shape index (κ3) is 3.41. The minimum atomic E-state index is -3.54. The van der Waals surface area contributed by atoms with Gasteiger partial charge in [0.2, 0.25) is 0 Å². The predicted molar refractivity (Wildman–Crippen MR) is 85.5 cm³/mol. The van der Waals surface area contributed by atoms with E-state index in [-0.39, 0.29) is 4.90 Å². The molecule has 3 nitrogen and oxygen atoms in total. The first-order chi connectivity index (χ1) is 9.42. The van der Waals surface area contributed by atoms with E-state index in [0.717, 1.165) is 22.0 Å². The van der Waals surface area contributed by atoms with Crippen molar-refractivity contribution in [1.82, 2.24) is 0 Å². The van der Waals surface area contributed by atoms with Crippen molar-refractivity contribution >= 4 is 31.6 Å². The summed E-state index contributed by atoms with van der Waals surface area (Å²) >= 11 is 3.36. The van der Waals surface area contributed by atoms with Crippen LogP contribution in [0.15, 0.2) is 51.8 Å². The molecule has 2 rings (SSSR count). The van der Waals surface area contributed by atoms with Gasteiger partial charge in [0.25, 0.3) is 10.0 Å². The van der Waals surface area contributed by atoms with Gasteiger partial charge in [0.05, 0.1) is 10.6 Å². The summed E-state index contributed by atoms with van der Waals surface area (Å²) in [7, 11) is -3.54. The predicted octanol–water partition coefficient (Wildman–Crippen LogP) is 4.12. The average Bonchev–Trinajstić information content (AvgIpc) is 2.42. The van der Waals surface area contributed by atoms with Crippen molar-refractivity contribution in [3.8, 4) is 0 Å². The molecule has 0 aliphatic rings. The largest absolute Gasteiger partial charge is 0.279 e. The molecule has 0 bridgehead atoms. The van der Waals surface area contributed by atoms with Gasteiger partial charge in [-0.1, -0.05) is 35.0 Å². The number of halogens is 1. The maximum absolute atomic E-state index is 12.3. The third-order valence-corrected chi connectivity index (χ3v) is 4.95. The molecule has 0 unspecified atom stereocenters. The fourth-order valence-electron chi connectivity index (χ4n) is 1.85. The maximum atomic E-state index is 12.3. The molecule has 2 aromatic carbocycles. The SMILES string of the molecule is CCc1ccc(S(=O)(=O)Nc2ccc(Br)cc2C)cc1. The van der Waals surface area contributed by atoms with E-state index < -0.39 is 10.0 Å². The summed E-state index contributed by atoms with van der Waals surface area (Å²) in [5.41, 5.74) is 2.57. The lowest BCUT2D eigenvalue weighted by Crippen LogP contribution is -2.13. The van der Waals surface area contributed by atoms with Crippen molar-refractivity contribution in [1.29, 1.82) is 0 Å². The molecule has 0 atom stereocenters. The summed E-state index contributed by atoms with van der Waals surface area (Å²) in [6.07, 6.45) is 0.888. The van der Waals surface area contributed by atoms with Crippen LogP contribution in [-0.4, -0.2) is 8.42 Å². The Hall–Kier alpha value is -1.33. The lowest BCUT2D eigenvalue weighted by molar-refractivity contribution is 0.601. The van der Waals surface area contributed by atoms with Crippen LogP contribution in [-0.2, 0) is 16.4 Å². The van der Waals surface area contributed by atoms with Gasteiger partial charge in [-0.25, -0.2) is 8.42 Å². The maximum Gasteiger partial charge on any atom is 0.261 e. The van der Waals surface area contributed by atoms with Crippen molar-refractivity contribution < 1.29 is 8.42 Å². The minimum absolute atomic E-state index is 0.275. The molecule has 20 heavy (non-hydrogen) atoms.